The van der Waals surface area contributed by atoms with Crippen molar-refractivity contribution in [2.75, 3.05) is 6.61 Å². The van der Waals surface area contributed by atoms with Crippen molar-refractivity contribution in [3.05, 3.63) is 45.9 Å². The van der Waals surface area contributed by atoms with Gasteiger partial charge in [-0.15, -0.1) is 11.3 Å². The van der Waals surface area contributed by atoms with Gasteiger partial charge in [0.1, 0.15) is 10.8 Å². The SMILES string of the molecule is CCc1cnc(C(C)NC2c3ccccc3OCC2C)s1. The fourth-order valence-electron chi connectivity index (χ4n) is 2.77. The summed E-state index contributed by atoms with van der Waals surface area (Å²) in [6.45, 7) is 7.37. The predicted octanol–water partition coefficient (Wildman–Crippen LogP) is 4.13. The molecule has 0 saturated heterocycles. The van der Waals surface area contributed by atoms with Crippen molar-refractivity contribution in [1.82, 2.24) is 10.3 Å². The number of para-hydroxylation sites is 1. The Hall–Kier alpha value is -1.39. The summed E-state index contributed by atoms with van der Waals surface area (Å²) in [5, 5.41) is 4.92. The highest BCUT2D eigenvalue weighted by Crippen LogP contribution is 2.36. The second-order valence-electron chi connectivity index (χ2n) is 5.71. The van der Waals surface area contributed by atoms with Crippen molar-refractivity contribution in [3.8, 4) is 5.75 Å². The molecule has 1 N–H and O–H groups in total. The van der Waals surface area contributed by atoms with Gasteiger partial charge in [0.25, 0.3) is 0 Å². The van der Waals surface area contributed by atoms with Crippen LogP contribution >= 0.6 is 11.3 Å². The molecule has 0 spiro atoms. The highest BCUT2D eigenvalue weighted by atomic mass is 32.1. The summed E-state index contributed by atoms with van der Waals surface area (Å²) >= 11 is 1.81. The Kier molecular flexibility index (Phi) is 4.27. The van der Waals surface area contributed by atoms with Crippen LogP contribution in [-0.4, -0.2) is 11.6 Å². The molecule has 0 bridgehead atoms. The van der Waals surface area contributed by atoms with E-state index in [1.54, 1.807) is 0 Å². The van der Waals surface area contributed by atoms with Crippen LogP contribution in [0, 0.1) is 5.92 Å². The van der Waals surface area contributed by atoms with Crippen molar-refractivity contribution >= 4 is 11.3 Å². The third kappa shape index (κ3) is 2.97. The molecule has 3 nitrogen and oxygen atoms in total. The lowest BCUT2D eigenvalue weighted by molar-refractivity contribution is 0.182. The van der Waals surface area contributed by atoms with Crippen LogP contribution in [0.1, 0.15) is 48.3 Å². The Bertz CT molecular complexity index is 610. The Morgan fingerprint density at radius 3 is 3.00 bits per heavy atom. The van der Waals surface area contributed by atoms with Crippen LogP contribution in [-0.2, 0) is 6.42 Å². The smallest absolute Gasteiger partial charge is 0.124 e. The number of aryl methyl sites for hydroxylation is 1. The number of rotatable bonds is 4. The van der Waals surface area contributed by atoms with Crippen molar-refractivity contribution in [1.29, 1.82) is 0 Å². The van der Waals surface area contributed by atoms with E-state index in [0.717, 1.165) is 18.8 Å². The summed E-state index contributed by atoms with van der Waals surface area (Å²) in [6, 6.07) is 8.91. The molecule has 3 rings (SSSR count). The molecule has 1 aliphatic rings. The first-order valence-electron chi connectivity index (χ1n) is 7.61. The summed E-state index contributed by atoms with van der Waals surface area (Å²) in [5.41, 5.74) is 1.26. The second kappa shape index (κ2) is 6.16. The standard InChI is InChI=1S/C17H22N2OS/c1-4-13-9-18-17(21-13)12(3)19-16-11(2)10-20-15-8-6-5-7-14(15)16/h5-9,11-12,16,19H,4,10H2,1-3H3. The van der Waals surface area contributed by atoms with E-state index in [0.29, 0.717) is 12.0 Å². The van der Waals surface area contributed by atoms with Gasteiger partial charge in [0, 0.05) is 28.6 Å². The highest BCUT2D eigenvalue weighted by Gasteiger charge is 2.29. The molecule has 0 saturated carbocycles. The predicted molar refractivity (Wildman–Crippen MR) is 86.9 cm³/mol. The lowest BCUT2D eigenvalue weighted by Crippen LogP contribution is -2.35. The average molecular weight is 302 g/mol. The number of thiazole rings is 1. The van der Waals surface area contributed by atoms with E-state index in [4.69, 9.17) is 4.74 Å². The van der Waals surface area contributed by atoms with Crippen molar-refractivity contribution in [2.24, 2.45) is 5.92 Å². The molecular weight excluding hydrogens is 280 g/mol. The van der Waals surface area contributed by atoms with Crippen LogP contribution in [0.4, 0.5) is 0 Å². The van der Waals surface area contributed by atoms with Gasteiger partial charge in [0.05, 0.1) is 12.6 Å². The van der Waals surface area contributed by atoms with Gasteiger partial charge in [0.15, 0.2) is 0 Å². The zero-order valence-corrected chi connectivity index (χ0v) is 13.6. The van der Waals surface area contributed by atoms with E-state index < -0.39 is 0 Å². The summed E-state index contributed by atoms with van der Waals surface area (Å²) in [7, 11) is 0. The van der Waals surface area contributed by atoms with Gasteiger partial charge in [-0.1, -0.05) is 32.0 Å². The van der Waals surface area contributed by atoms with Crippen molar-refractivity contribution in [3.63, 3.8) is 0 Å². The summed E-state index contributed by atoms with van der Waals surface area (Å²) in [5.74, 6) is 1.46. The molecule has 0 fully saturated rings. The van der Waals surface area contributed by atoms with Crippen LogP contribution in [0.25, 0.3) is 0 Å². The van der Waals surface area contributed by atoms with Crippen LogP contribution in [0.15, 0.2) is 30.5 Å². The first-order valence-corrected chi connectivity index (χ1v) is 8.43. The number of fused-ring (bicyclic) bond motifs is 1. The van der Waals surface area contributed by atoms with Crippen LogP contribution in [0.3, 0.4) is 0 Å². The number of nitrogens with zero attached hydrogens (tertiary/aromatic N) is 1. The molecule has 3 unspecified atom stereocenters. The minimum atomic E-state index is 0.258. The Morgan fingerprint density at radius 1 is 1.43 bits per heavy atom. The second-order valence-corrected chi connectivity index (χ2v) is 6.86. The number of hydrogen-bond acceptors (Lipinski definition) is 4. The minimum absolute atomic E-state index is 0.258. The van der Waals surface area contributed by atoms with Crippen molar-refractivity contribution < 1.29 is 4.74 Å². The maximum absolute atomic E-state index is 5.82. The number of ether oxygens (including phenoxy) is 1. The quantitative estimate of drug-likeness (QED) is 0.922. The first kappa shape index (κ1) is 14.5. The minimum Gasteiger partial charge on any atom is -0.493 e. The fraction of sp³-hybridized carbons (Fsp3) is 0.471. The zero-order valence-electron chi connectivity index (χ0n) is 12.8. The molecule has 1 aliphatic heterocycles. The fourth-order valence-corrected chi connectivity index (χ4v) is 3.64. The summed E-state index contributed by atoms with van der Waals surface area (Å²) in [4.78, 5) is 5.90. The molecular formula is C17H22N2OS. The largest absolute Gasteiger partial charge is 0.493 e. The highest BCUT2D eigenvalue weighted by molar-refractivity contribution is 7.11. The Balaban J connectivity index is 1.80. The molecule has 0 radical (unpaired) electrons. The Morgan fingerprint density at radius 2 is 2.24 bits per heavy atom. The molecule has 1 aromatic heterocycles. The number of aromatic nitrogens is 1. The lowest BCUT2D eigenvalue weighted by Gasteiger charge is -2.33. The molecule has 4 heteroatoms. The van der Waals surface area contributed by atoms with Gasteiger partial charge in [-0.3, -0.25) is 0 Å². The number of hydrogen-bond donors (Lipinski definition) is 1. The molecule has 2 aromatic rings. The lowest BCUT2D eigenvalue weighted by atomic mass is 9.91. The van der Waals surface area contributed by atoms with E-state index >= 15 is 0 Å². The number of nitrogens with one attached hydrogen (secondary N) is 1. The molecule has 2 heterocycles. The van der Waals surface area contributed by atoms with Gasteiger partial charge in [0.2, 0.25) is 0 Å². The van der Waals surface area contributed by atoms with E-state index in [1.807, 2.05) is 23.6 Å². The van der Waals surface area contributed by atoms with Crippen LogP contribution in [0.2, 0.25) is 0 Å². The van der Waals surface area contributed by atoms with E-state index in [9.17, 15) is 0 Å². The van der Waals surface area contributed by atoms with E-state index in [-0.39, 0.29) is 6.04 Å². The molecule has 112 valence electrons. The molecule has 21 heavy (non-hydrogen) atoms. The molecule has 3 atom stereocenters. The number of benzene rings is 1. The van der Waals surface area contributed by atoms with Gasteiger partial charge in [-0.2, -0.15) is 0 Å². The molecule has 0 amide bonds. The van der Waals surface area contributed by atoms with Gasteiger partial charge in [-0.05, 0) is 19.4 Å². The van der Waals surface area contributed by atoms with Crippen LogP contribution in [0.5, 0.6) is 5.75 Å². The molecule has 0 aliphatic carbocycles. The van der Waals surface area contributed by atoms with Crippen molar-refractivity contribution in [2.45, 2.75) is 39.3 Å². The third-order valence-electron chi connectivity index (χ3n) is 4.04. The third-order valence-corrected chi connectivity index (χ3v) is 5.37. The van der Waals surface area contributed by atoms with E-state index in [1.165, 1.54) is 15.4 Å². The van der Waals surface area contributed by atoms with E-state index in [2.05, 4.69) is 49.3 Å². The monoisotopic (exact) mass is 302 g/mol. The average Bonchev–Trinajstić information content (AvgIpc) is 2.99. The van der Waals surface area contributed by atoms with Gasteiger partial charge >= 0.3 is 0 Å². The zero-order chi connectivity index (χ0) is 14.8. The topological polar surface area (TPSA) is 34.2 Å². The van der Waals surface area contributed by atoms with Gasteiger partial charge in [-0.25, -0.2) is 4.98 Å². The maximum Gasteiger partial charge on any atom is 0.124 e. The molecule has 1 aromatic carbocycles. The normalized spacial score (nSPS) is 22.4. The maximum atomic E-state index is 5.82. The van der Waals surface area contributed by atoms with Crippen LogP contribution < -0.4 is 10.1 Å². The summed E-state index contributed by atoms with van der Waals surface area (Å²) < 4.78 is 5.82. The van der Waals surface area contributed by atoms with Gasteiger partial charge < -0.3 is 10.1 Å². The first-order chi connectivity index (χ1) is 10.2. The summed E-state index contributed by atoms with van der Waals surface area (Å²) in [6.07, 6.45) is 3.06. The Labute approximate surface area is 130 Å².